The number of anilines is 1. The highest BCUT2D eigenvalue weighted by atomic mass is 79.9. The lowest BCUT2D eigenvalue weighted by atomic mass is 10.0. The van der Waals surface area contributed by atoms with E-state index in [1.165, 1.54) is 0 Å². The Morgan fingerprint density at radius 1 is 1.33 bits per heavy atom. The molecule has 0 unspecified atom stereocenters. The van der Waals surface area contributed by atoms with Crippen LogP contribution in [0.2, 0.25) is 0 Å². The molecule has 5 nitrogen and oxygen atoms in total. The normalized spacial score (nSPS) is 15.8. The van der Waals surface area contributed by atoms with Crippen LogP contribution < -0.4 is 4.90 Å². The van der Waals surface area contributed by atoms with Crippen molar-refractivity contribution in [3.63, 3.8) is 0 Å². The van der Waals surface area contributed by atoms with Crippen molar-refractivity contribution in [1.29, 1.82) is 0 Å². The Bertz CT molecular complexity index is 547. The molecule has 0 saturated carbocycles. The van der Waals surface area contributed by atoms with Gasteiger partial charge in [0.1, 0.15) is 5.82 Å². The number of hydrogen-bond acceptors (Lipinski definition) is 4. The summed E-state index contributed by atoms with van der Waals surface area (Å²) in [5.74, 6) is 1.62. The highest BCUT2D eigenvalue weighted by Gasteiger charge is 2.28. The summed E-state index contributed by atoms with van der Waals surface area (Å²) in [7, 11) is 0. The molecule has 1 aliphatic heterocycles. The number of hydrogen-bond donors (Lipinski definition) is 0. The second-order valence-corrected chi connectivity index (χ2v) is 5.59. The molecule has 0 radical (unpaired) electrons. The van der Waals surface area contributed by atoms with Crippen molar-refractivity contribution in [2.24, 2.45) is 5.92 Å². The van der Waals surface area contributed by atoms with Gasteiger partial charge in [-0.1, -0.05) is 0 Å². The van der Waals surface area contributed by atoms with Crippen LogP contribution in [-0.4, -0.2) is 32.8 Å². The molecule has 0 aromatic carbocycles. The average Bonchev–Trinajstić information content (AvgIpc) is 2.69. The monoisotopic (exact) mass is 307 g/mol. The van der Waals surface area contributed by atoms with E-state index in [1.807, 2.05) is 30.2 Å². The first-order chi connectivity index (χ1) is 8.70. The van der Waals surface area contributed by atoms with Crippen LogP contribution in [0, 0.1) is 12.8 Å². The molecule has 3 heterocycles. The van der Waals surface area contributed by atoms with Crippen LogP contribution in [0.1, 0.15) is 5.69 Å². The van der Waals surface area contributed by atoms with Crippen molar-refractivity contribution in [3.05, 3.63) is 35.0 Å². The summed E-state index contributed by atoms with van der Waals surface area (Å²) < 4.78 is 3.01. The molecule has 0 amide bonds. The molecule has 0 bridgehead atoms. The van der Waals surface area contributed by atoms with Crippen molar-refractivity contribution in [3.8, 4) is 0 Å². The first kappa shape index (κ1) is 11.6. The molecule has 1 saturated heterocycles. The largest absolute Gasteiger partial charge is 0.355 e. The average molecular weight is 308 g/mol. The van der Waals surface area contributed by atoms with Crippen LogP contribution in [0.25, 0.3) is 0 Å². The lowest BCUT2D eigenvalue weighted by molar-refractivity contribution is 0.340. The van der Waals surface area contributed by atoms with Crippen LogP contribution in [0.15, 0.2) is 29.3 Å². The Hall–Kier alpha value is -1.43. The zero-order chi connectivity index (χ0) is 12.5. The molecule has 18 heavy (non-hydrogen) atoms. The van der Waals surface area contributed by atoms with Gasteiger partial charge < -0.3 is 4.90 Å². The molecule has 1 aliphatic rings. The molecule has 0 spiro atoms. The fourth-order valence-corrected chi connectivity index (χ4v) is 2.51. The minimum absolute atomic E-state index is 0.638. The van der Waals surface area contributed by atoms with E-state index >= 15 is 0 Å². The Morgan fingerprint density at radius 2 is 2.17 bits per heavy atom. The van der Waals surface area contributed by atoms with Gasteiger partial charge in [-0.3, -0.25) is 9.67 Å². The highest BCUT2D eigenvalue weighted by molar-refractivity contribution is 9.10. The van der Waals surface area contributed by atoms with Gasteiger partial charge in [-0.15, -0.1) is 0 Å². The predicted octanol–water partition coefficient (Wildman–Crippen LogP) is 1.88. The van der Waals surface area contributed by atoms with E-state index in [9.17, 15) is 0 Å². The number of aromatic nitrogens is 4. The van der Waals surface area contributed by atoms with Crippen molar-refractivity contribution >= 4 is 21.7 Å². The van der Waals surface area contributed by atoms with Gasteiger partial charge in [0.15, 0.2) is 0 Å². The van der Waals surface area contributed by atoms with Gasteiger partial charge in [0, 0.05) is 37.9 Å². The summed E-state index contributed by atoms with van der Waals surface area (Å²) in [5.41, 5.74) is 0.965. The second-order valence-electron chi connectivity index (χ2n) is 4.67. The molecule has 0 atom stereocenters. The van der Waals surface area contributed by atoms with E-state index in [4.69, 9.17) is 0 Å². The second kappa shape index (κ2) is 4.68. The van der Waals surface area contributed by atoms with Gasteiger partial charge in [0.05, 0.1) is 22.6 Å². The maximum atomic E-state index is 4.47. The molecular weight excluding hydrogens is 294 g/mol. The van der Waals surface area contributed by atoms with Crippen LogP contribution >= 0.6 is 15.9 Å². The third-order valence-electron chi connectivity index (χ3n) is 3.07. The third-order valence-corrected chi connectivity index (χ3v) is 3.48. The minimum atomic E-state index is 0.638. The number of nitrogens with zero attached hydrogens (tertiary/aromatic N) is 5. The number of halogens is 1. The summed E-state index contributed by atoms with van der Waals surface area (Å²) in [5, 5.41) is 4.27. The van der Waals surface area contributed by atoms with Gasteiger partial charge in [0.25, 0.3) is 0 Å². The Morgan fingerprint density at radius 3 is 2.83 bits per heavy atom. The Kier molecular flexibility index (Phi) is 3.03. The lowest BCUT2D eigenvalue weighted by Gasteiger charge is -2.39. The highest BCUT2D eigenvalue weighted by Crippen LogP contribution is 2.23. The smallest absolute Gasteiger partial charge is 0.147 e. The van der Waals surface area contributed by atoms with Gasteiger partial charge in [0.2, 0.25) is 0 Å². The maximum Gasteiger partial charge on any atom is 0.147 e. The number of aryl methyl sites for hydroxylation is 1. The van der Waals surface area contributed by atoms with Crippen molar-refractivity contribution in [1.82, 2.24) is 19.7 Å². The van der Waals surface area contributed by atoms with E-state index in [1.54, 1.807) is 6.20 Å². The first-order valence-electron chi connectivity index (χ1n) is 5.92. The van der Waals surface area contributed by atoms with E-state index in [0.29, 0.717) is 5.92 Å². The van der Waals surface area contributed by atoms with Crippen LogP contribution in [-0.2, 0) is 6.54 Å². The quantitative estimate of drug-likeness (QED) is 0.868. The number of rotatable bonds is 3. The standard InChI is InChI=1S/C12H14BrN5/c1-9-2-14-4-12(16-9)17-5-10(6-17)7-18-8-11(13)3-15-18/h2-4,8,10H,5-7H2,1H3. The molecule has 2 aromatic rings. The van der Waals surface area contributed by atoms with E-state index in [0.717, 1.165) is 35.6 Å². The van der Waals surface area contributed by atoms with E-state index < -0.39 is 0 Å². The van der Waals surface area contributed by atoms with Crippen LogP contribution in [0.4, 0.5) is 5.82 Å². The molecule has 1 fully saturated rings. The summed E-state index contributed by atoms with van der Waals surface area (Å²) in [6.45, 7) is 4.97. The Balaban J connectivity index is 1.57. The molecular formula is C12H14BrN5. The minimum Gasteiger partial charge on any atom is -0.355 e. The zero-order valence-corrected chi connectivity index (χ0v) is 11.7. The van der Waals surface area contributed by atoms with Crippen molar-refractivity contribution in [2.45, 2.75) is 13.5 Å². The molecule has 94 valence electrons. The van der Waals surface area contributed by atoms with Gasteiger partial charge in [-0.05, 0) is 22.9 Å². The molecule has 6 heteroatoms. The summed E-state index contributed by atoms with van der Waals surface area (Å²) >= 11 is 3.41. The fraction of sp³-hybridized carbons (Fsp3) is 0.417. The predicted molar refractivity (Wildman–Crippen MR) is 72.4 cm³/mol. The van der Waals surface area contributed by atoms with Gasteiger partial charge in [-0.25, -0.2) is 4.98 Å². The summed E-state index contributed by atoms with van der Waals surface area (Å²) in [6, 6.07) is 0. The van der Waals surface area contributed by atoms with Crippen molar-refractivity contribution in [2.75, 3.05) is 18.0 Å². The molecule has 0 N–H and O–H groups in total. The molecule has 0 aliphatic carbocycles. The third kappa shape index (κ3) is 2.38. The molecule has 3 rings (SSSR count). The Labute approximate surface area is 114 Å². The van der Waals surface area contributed by atoms with Gasteiger partial charge in [-0.2, -0.15) is 5.10 Å². The van der Waals surface area contributed by atoms with Crippen LogP contribution in [0.3, 0.4) is 0 Å². The van der Waals surface area contributed by atoms with E-state index in [2.05, 4.69) is 35.9 Å². The van der Waals surface area contributed by atoms with Crippen LogP contribution in [0.5, 0.6) is 0 Å². The summed E-state index contributed by atoms with van der Waals surface area (Å²) in [4.78, 5) is 10.9. The zero-order valence-electron chi connectivity index (χ0n) is 10.1. The summed E-state index contributed by atoms with van der Waals surface area (Å²) in [6.07, 6.45) is 7.44. The first-order valence-corrected chi connectivity index (χ1v) is 6.71. The van der Waals surface area contributed by atoms with Gasteiger partial charge >= 0.3 is 0 Å². The molecule has 2 aromatic heterocycles. The SMILES string of the molecule is Cc1cncc(N2CC(Cn3cc(Br)cn3)C2)n1. The van der Waals surface area contributed by atoms with Crippen molar-refractivity contribution < 1.29 is 0 Å². The fourth-order valence-electron chi connectivity index (χ4n) is 2.18. The maximum absolute atomic E-state index is 4.47. The van der Waals surface area contributed by atoms with E-state index in [-0.39, 0.29) is 0 Å². The topological polar surface area (TPSA) is 46.8 Å². The lowest BCUT2D eigenvalue weighted by Crippen LogP contribution is -2.49.